The van der Waals surface area contributed by atoms with Gasteiger partial charge in [-0.2, -0.15) is 0 Å². The van der Waals surface area contributed by atoms with Crippen LogP contribution in [0.2, 0.25) is 0 Å². The van der Waals surface area contributed by atoms with Crippen LogP contribution < -0.4 is 0 Å². The minimum Gasteiger partial charge on any atom is -0.0882 e. The number of allylic oxidation sites excluding steroid dienone is 10. The first kappa shape index (κ1) is 13.1. The Balaban J connectivity index is 2.33. The summed E-state index contributed by atoms with van der Waals surface area (Å²) >= 11 is 0. The third kappa shape index (κ3) is 2.58. The van der Waals surface area contributed by atoms with Gasteiger partial charge in [-0.05, 0) is 57.1 Å². The lowest BCUT2D eigenvalue weighted by Crippen LogP contribution is -2.16. The number of hydrogen-bond donors (Lipinski definition) is 0. The third-order valence-electron chi connectivity index (χ3n) is 4.03. The largest absolute Gasteiger partial charge is 0.0882 e. The third-order valence-corrected chi connectivity index (χ3v) is 4.03. The smallest absolute Gasteiger partial charge is 0.0117 e. The van der Waals surface area contributed by atoms with Gasteiger partial charge in [0.05, 0.1) is 0 Å². The van der Waals surface area contributed by atoms with Crippen molar-refractivity contribution >= 4 is 0 Å². The highest BCUT2D eigenvalue weighted by Crippen LogP contribution is 2.41. The van der Waals surface area contributed by atoms with Crippen molar-refractivity contribution in [2.75, 3.05) is 0 Å². The molecule has 0 heteroatoms. The Kier molecular flexibility index (Phi) is 4.41. The van der Waals surface area contributed by atoms with Crippen LogP contribution in [0.15, 0.2) is 59.3 Å². The molecule has 0 aliphatic heterocycles. The minimum absolute atomic E-state index is 0.601. The molecule has 2 aliphatic carbocycles. The van der Waals surface area contributed by atoms with Crippen LogP contribution in [0.5, 0.6) is 0 Å². The zero-order chi connectivity index (χ0) is 13.0. The molecule has 0 amide bonds. The summed E-state index contributed by atoms with van der Waals surface area (Å²) in [6, 6.07) is 0. The molecular formula is C18H24. The minimum atomic E-state index is 0.601. The predicted molar refractivity (Wildman–Crippen MR) is 80.4 cm³/mol. The van der Waals surface area contributed by atoms with E-state index < -0.39 is 0 Å². The molecule has 2 atom stereocenters. The maximum absolute atomic E-state index is 2.44. The molecule has 0 aromatic rings. The number of rotatable bonds is 3. The molecule has 0 aromatic carbocycles. The average molecular weight is 240 g/mol. The van der Waals surface area contributed by atoms with Crippen molar-refractivity contribution in [3.05, 3.63) is 59.3 Å². The molecule has 0 radical (unpaired) electrons. The summed E-state index contributed by atoms with van der Waals surface area (Å²) in [7, 11) is 0. The van der Waals surface area contributed by atoms with Crippen molar-refractivity contribution in [2.45, 2.75) is 40.0 Å². The first-order chi connectivity index (χ1) is 8.77. The van der Waals surface area contributed by atoms with E-state index in [1.165, 1.54) is 36.0 Å². The van der Waals surface area contributed by atoms with E-state index in [4.69, 9.17) is 0 Å². The lowest BCUT2D eigenvalue weighted by molar-refractivity contribution is 0.456. The quantitative estimate of drug-likeness (QED) is 0.582. The summed E-state index contributed by atoms with van der Waals surface area (Å²) in [4.78, 5) is 0. The molecule has 0 saturated carbocycles. The van der Waals surface area contributed by atoms with E-state index in [2.05, 4.69) is 63.3 Å². The summed E-state index contributed by atoms with van der Waals surface area (Å²) in [6.45, 7) is 6.50. The lowest BCUT2D eigenvalue weighted by Gasteiger charge is -2.26. The van der Waals surface area contributed by atoms with Crippen LogP contribution >= 0.6 is 0 Å². The summed E-state index contributed by atoms with van der Waals surface area (Å²) in [5.41, 5.74) is 4.44. The van der Waals surface area contributed by atoms with Crippen LogP contribution in [0.4, 0.5) is 0 Å². The van der Waals surface area contributed by atoms with Gasteiger partial charge in [-0.15, -0.1) is 0 Å². The zero-order valence-electron chi connectivity index (χ0n) is 11.8. The van der Waals surface area contributed by atoms with Crippen molar-refractivity contribution in [1.29, 1.82) is 0 Å². The Morgan fingerprint density at radius 3 is 2.56 bits per heavy atom. The topological polar surface area (TPSA) is 0 Å². The fraction of sp³-hybridized carbons (Fsp3) is 0.444. The van der Waals surface area contributed by atoms with E-state index in [9.17, 15) is 0 Å². The normalized spacial score (nSPS) is 28.7. The van der Waals surface area contributed by atoms with Crippen molar-refractivity contribution in [3.63, 3.8) is 0 Å². The highest BCUT2D eigenvalue weighted by atomic mass is 14.3. The van der Waals surface area contributed by atoms with E-state index in [1.54, 1.807) is 0 Å². The highest BCUT2D eigenvalue weighted by molar-refractivity contribution is 5.51. The molecule has 96 valence electrons. The highest BCUT2D eigenvalue weighted by Gasteiger charge is 2.29. The zero-order valence-corrected chi connectivity index (χ0v) is 11.8. The Labute approximate surface area is 111 Å². The molecule has 18 heavy (non-hydrogen) atoms. The second-order valence-electron chi connectivity index (χ2n) is 5.28. The van der Waals surface area contributed by atoms with Gasteiger partial charge in [0, 0.05) is 5.92 Å². The maximum Gasteiger partial charge on any atom is 0.0117 e. The van der Waals surface area contributed by atoms with Crippen LogP contribution in [0.3, 0.4) is 0 Å². The van der Waals surface area contributed by atoms with Crippen molar-refractivity contribution < 1.29 is 0 Å². The first-order valence-corrected chi connectivity index (χ1v) is 7.12. The molecular weight excluding hydrogens is 216 g/mol. The Bertz CT molecular complexity index is 441. The summed E-state index contributed by atoms with van der Waals surface area (Å²) in [5, 5.41) is 0. The predicted octanol–water partition coefficient (Wildman–Crippen LogP) is 5.37. The van der Waals surface area contributed by atoms with Crippen molar-refractivity contribution in [3.8, 4) is 0 Å². The van der Waals surface area contributed by atoms with Crippen LogP contribution in [-0.2, 0) is 0 Å². The fourth-order valence-electron chi connectivity index (χ4n) is 3.20. The standard InChI is InChI=1S/C18H24/c1-4-9-16-13-17(10-5-2)18(14(16)3)15-11-7-6-8-12-15/h4-5,7,9-11,13,15,18H,6,8,12H2,1-3H3/b9-4-,10-5+. The lowest BCUT2D eigenvalue weighted by atomic mass is 9.78. The van der Waals surface area contributed by atoms with Gasteiger partial charge in [0.1, 0.15) is 0 Å². The van der Waals surface area contributed by atoms with Crippen LogP contribution in [0.1, 0.15) is 40.0 Å². The van der Waals surface area contributed by atoms with Crippen LogP contribution in [-0.4, -0.2) is 0 Å². The van der Waals surface area contributed by atoms with E-state index in [-0.39, 0.29) is 0 Å². The van der Waals surface area contributed by atoms with Crippen LogP contribution in [0, 0.1) is 11.8 Å². The molecule has 2 rings (SSSR count). The summed E-state index contributed by atoms with van der Waals surface area (Å²) in [5.74, 6) is 1.30. The second-order valence-corrected chi connectivity index (χ2v) is 5.28. The van der Waals surface area contributed by atoms with E-state index in [0.29, 0.717) is 11.8 Å². The van der Waals surface area contributed by atoms with E-state index in [0.717, 1.165) is 0 Å². The van der Waals surface area contributed by atoms with Gasteiger partial charge in [0.25, 0.3) is 0 Å². The molecule has 0 bridgehead atoms. The summed E-state index contributed by atoms with van der Waals surface area (Å²) in [6.07, 6.45) is 19.9. The molecule has 0 aromatic heterocycles. The Hall–Kier alpha value is -1.30. The van der Waals surface area contributed by atoms with E-state index >= 15 is 0 Å². The molecule has 2 unspecified atom stereocenters. The SMILES string of the molecule is C/C=C\C1=C(C)C(C2C=CCCC2)C(/C=C/C)=C1. The van der Waals surface area contributed by atoms with Gasteiger partial charge >= 0.3 is 0 Å². The molecule has 0 spiro atoms. The molecule has 0 N–H and O–H groups in total. The van der Waals surface area contributed by atoms with Crippen molar-refractivity contribution in [1.82, 2.24) is 0 Å². The van der Waals surface area contributed by atoms with Gasteiger partial charge in [-0.25, -0.2) is 0 Å². The molecule has 0 heterocycles. The van der Waals surface area contributed by atoms with Gasteiger partial charge in [-0.3, -0.25) is 0 Å². The average Bonchev–Trinajstić information content (AvgIpc) is 2.68. The monoisotopic (exact) mass is 240 g/mol. The Morgan fingerprint density at radius 2 is 1.94 bits per heavy atom. The molecule has 0 saturated heterocycles. The van der Waals surface area contributed by atoms with Crippen molar-refractivity contribution in [2.24, 2.45) is 11.8 Å². The second kappa shape index (κ2) is 6.04. The number of hydrogen-bond acceptors (Lipinski definition) is 0. The fourth-order valence-corrected chi connectivity index (χ4v) is 3.20. The van der Waals surface area contributed by atoms with Gasteiger partial charge in [-0.1, -0.05) is 48.1 Å². The maximum atomic E-state index is 2.44. The molecule has 2 aliphatic rings. The molecule has 0 nitrogen and oxygen atoms in total. The first-order valence-electron chi connectivity index (χ1n) is 7.12. The van der Waals surface area contributed by atoms with Gasteiger partial charge < -0.3 is 0 Å². The van der Waals surface area contributed by atoms with Gasteiger partial charge in [0.15, 0.2) is 0 Å². The Morgan fingerprint density at radius 1 is 1.17 bits per heavy atom. The summed E-state index contributed by atoms with van der Waals surface area (Å²) < 4.78 is 0. The van der Waals surface area contributed by atoms with Gasteiger partial charge in [0.2, 0.25) is 0 Å². The molecule has 0 fully saturated rings. The van der Waals surface area contributed by atoms with Crippen LogP contribution in [0.25, 0.3) is 0 Å². The van der Waals surface area contributed by atoms with E-state index in [1.807, 2.05) is 0 Å².